The number of benzene rings is 2. The van der Waals surface area contributed by atoms with Gasteiger partial charge in [0.15, 0.2) is 4.90 Å². The van der Waals surface area contributed by atoms with Crippen LogP contribution in [0.5, 0.6) is 0 Å². The van der Waals surface area contributed by atoms with E-state index in [4.69, 9.17) is 4.74 Å². The number of rotatable bonds is 3. The van der Waals surface area contributed by atoms with Crippen LogP contribution in [0.2, 0.25) is 0 Å². The number of hydrogen-bond acceptors (Lipinski definition) is 4. The quantitative estimate of drug-likeness (QED) is 0.640. The molecule has 0 radical (unpaired) electrons. The van der Waals surface area contributed by atoms with Crippen LogP contribution in [-0.2, 0) is 27.3 Å². The Morgan fingerprint density at radius 1 is 1.26 bits per heavy atom. The van der Waals surface area contributed by atoms with Crippen molar-refractivity contribution < 1.29 is 18.5 Å². The van der Waals surface area contributed by atoms with Gasteiger partial charge in [-0.05, 0) is 42.3 Å². The van der Waals surface area contributed by atoms with E-state index >= 15 is 0 Å². The third kappa shape index (κ3) is 3.18. The van der Waals surface area contributed by atoms with E-state index in [1.165, 1.54) is 31.4 Å². The molecule has 23 heavy (non-hydrogen) atoms. The highest BCUT2D eigenvalue weighted by atomic mass is 32.2. The summed E-state index contributed by atoms with van der Waals surface area (Å²) in [4.78, 5) is 12.4. The van der Waals surface area contributed by atoms with Gasteiger partial charge in [-0.1, -0.05) is 18.2 Å². The Labute approximate surface area is 137 Å². The molecule has 0 aliphatic carbocycles. The lowest BCUT2D eigenvalue weighted by molar-refractivity contribution is -0.145. The van der Waals surface area contributed by atoms with Crippen molar-refractivity contribution >= 4 is 23.0 Å². The first-order chi connectivity index (χ1) is 11.1. The maximum Gasteiger partial charge on any atom is 0.310 e. The number of esters is 1. The van der Waals surface area contributed by atoms with Gasteiger partial charge in [-0.25, -0.2) is 4.39 Å². The Bertz CT molecular complexity index is 707. The van der Waals surface area contributed by atoms with Crippen molar-refractivity contribution in [3.05, 3.63) is 59.9 Å². The number of halogens is 1. The fourth-order valence-corrected chi connectivity index (χ4v) is 4.01. The van der Waals surface area contributed by atoms with Gasteiger partial charge in [0.05, 0.1) is 25.3 Å². The molecule has 1 aliphatic heterocycles. The van der Waals surface area contributed by atoms with Gasteiger partial charge in [0, 0.05) is 0 Å². The van der Waals surface area contributed by atoms with Gasteiger partial charge in [-0.3, -0.25) is 4.79 Å². The maximum absolute atomic E-state index is 13.1. The summed E-state index contributed by atoms with van der Waals surface area (Å²) in [6.07, 6.45) is 0.556. The molecule has 0 N–H and O–H groups in total. The minimum Gasteiger partial charge on any atom is -0.588 e. The third-order valence-corrected chi connectivity index (χ3v) is 5.28. The van der Waals surface area contributed by atoms with Crippen LogP contribution in [0.25, 0.3) is 0 Å². The summed E-state index contributed by atoms with van der Waals surface area (Å²) < 4.78 is 32.5. The average Bonchev–Trinajstić information content (AvgIpc) is 2.60. The van der Waals surface area contributed by atoms with E-state index in [-0.39, 0.29) is 17.7 Å². The molecule has 2 aromatic carbocycles. The Hall–Kier alpha value is -2.05. The smallest absolute Gasteiger partial charge is 0.310 e. The van der Waals surface area contributed by atoms with E-state index in [0.29, 0.717) is 17.9 Å². The number of nitrogens with zero attached hydrogens (tertiary/aromatic N) is 1. The van der Waals surface area contributed by atoms with E-state index in [1.807, 2.05) is 24.3 Å². The predicted molar refractivity (Wildman–Crippen MR) is 85.8 cm³/mol. The third-order valence-electron chi connectivity index (χ3n) is 3.86. The predicted octanol–water partition coefficient (Wildman–Crippen LogP) is 2.70. The second kappa shape index (κ2) is 6.60. The maximum atomic E-state index is 13.1. The van der Waals surface area contributed by atoms with E-state index in [2.05, 4.69) is 0 Å². The molecule has 0 saturated carbocycles. The standard InChI is InChI=1S/C17H16FNO3S/c1-22-17(20)13-10-12-4-2-3-5-16(12)19(11-13)23(21)15-8-6-14(18)7-9-15/h2-9,13H,10-11H2,1H3. The second-order valence-electron chi connectivity index (χ2n) is 5.32. The molecule has 3 rings (SSSR count). The Morgan fingerprint density at radius 3 is 2.65 bits per heavy atom. The average molecular weight is 333 g/mol. The lowest BCUT2D eigenvalue weighted by Crippen LogP contribution is -2.42. The summed E-state index contributed by atoms with van der Waals surface area (Å²) in [6, 6.07) is 13.1. The van der Waals surface area contributed by atoms with Gasteiger partial charge >= 0.3 is 5.97 Å². The molecule has 2 atom stereocenters. The zero-order valence-corrected chi connectivity index (χ0v) is 13.4. The first kappa shape index (κ1) is 15.8. The molecule has 0 aromatic heterocycles. The summed E-state index contributed by atoms with van der Waals surface area (Å²) in [5.41, 5.74) is 1.78. The SMILES string of the molecule is COC(=O)C1Cc2ccccc2N([S+]([O-])c2ccc(F)cc2)C1. The fourth-order valence-electron chi connectivity index (χ4n) is 2.72. The monoisotopic (exact) mass is 333 g/mol. The van der Waals surface area contributed by atoms with E-state index in [0.717, 1.165) is 11.3 Å². The topological polar surface area (TPSA) is 52.6 Å². The molecule has 1 aliphatic rings. The van der Waals surface area contributed by atoms with Crippen molar-refractivity contribution in [2.75, 3.05) is 18.0 Å². The molecule has 2 aromatic rings. The Kier molecular flexibility index (Phi) is 4.54. The van der Waals surface area contributed by atoms with E-state index in [9.17, 15) is 13.7 Å². The van der Waals surface area contributed by atoms with Gasteiger partial charge in [0.25, 0.3) is 0 Å². The van der Waals surface area contributed by atoms with E-state index in [1.54, 1.807) is 4.31 Å². The van der Waals surface area contributed by atoms with Crippen LogP contribution in [0.15, 0.2) is 53.4 Å². The second-order valence-corrected chi connectivity index (χ2v) is 6.73. The number of carbonyl (C=O) groups is 1. The molecule has 0 spiro atoms. The largest absolute Gasteiger partial charge is 0.588 e. The summed E-state index contributed by atoms with van der Waals surface area (Å²) in [6.45, 7) is 0.299. The summed E-state index contributed by atoms with van der Waals surface area (Å²) in [7, 11) is 1.35. The van der Waals surface area contributed by atoms with Crippen molar-refractivity contribution in [1.82, 2.24) is 0 Å². The summed E-state index contributed by atoms with van der Waals surface area (Å²) in [5, 5.41) is 0. The van der Waals surface area contributed by atoms with Gasteiger partial charge in [0.1, 0.15) is 17.2 Å². The minimum atomic E-state index is -1.52. The van der Waals surface area contributed by atoms with Crippen LogP contribution in [-0.4, -0.2) is 24.2 Å². The number of hydrogen-bond donors (Lipinski definition) is 0. The Balaban J connectivity index is 1.95. The summed E-state index contributed by atoms with van der Waals surface area (Å²) >= 11 is -1.52. The number of ether oxygens (including phenoxy) is 1. The summed E-state index contributed by atoms with van der Waals surface area (Å²) in [5.74, 6) is -1.07. The number of para-hydroxylation sites is 1. The molecular formula is C17H16FNO3S. The van der Waals surface area contributed by atoms with Crippen LogP contribution in [0, 0.1) is 11.7 Å². The van der Waals surface area contributed by atoms with Crippen molar-refractivity contribution in [3.8, 4) is 0 Å². The van der Waals surface area contributed by atoms with Crippen molar-refractivity contribution in [2.45, 2.75) is 11.3 Å². The van der Waals surface area contributed by atoms with Crippen LogP contribution in [0.3, 0.4) is 0 Å². The van der Waals surface area contributed by atoms with Gasteiger partial charge in [0.2, 0.25) is 0 Å². The molecule has 1 heterocycles. The normalized spacial score (nSPS) is 18.2. The van der Waals surface area contributed by atoms with Crippen LogP contribution >= 0.6 is 0 Å². The zero-order valence-electron chi connectivity index (χ0n) is 12.6. The number of fused-ring (bicyclic) bond motifs is 1. The first-order valence-electron chi connectivity index (χ1n) is 7.21. The lowest BCUT2D eigenvalue weighted by Gasteiger charge is -2.34. The zero-order chi connectivity index (χ0) is 16.4. The number of anilines is 1. The molecule has 120 valence electrons. The van der Waals surface area contributed by atoms with Crippen molar-refractivity contribution in [3.63, 3.8) is 0 Å². The lowest BCUT2D eigenvalue weighted by atomic mass is 9.94. The van der Waals surface area contributed by atoms with Gasteiger partial charge in [-0.15, -0.1) is 0 Å². The van der Waals surface area contributed by atoms with Crippen molar-refractivity contribution in [2.24, 2.45) is 5.92 Å². The molecule has 4 nitrogen and oxygen atoms in total. The van der Waals surface area contributed by atoms with Gasteiger partial charge in [-0.2, -0.15) is 4.31 Å². The fraction of sp³-hybridized carbons (Fsp3) is 0.235. The highest BCUT2D eigenvalue weighted by molar-refractivity contribution is 7.92. The van der Waals surface area contributed by atoms with Crippen molar-refractivity contribution in [1.29, 1.82) is 0 Å². The molecule has 0 bridgehead atoms. The highest BCUT2D eigenvalue weighted by Crippen LogP contribution is 2.34. The molecular weight excluding hydrogens is 317 g/mol. The number of carbonyl (C=O) groups excluding carboxylic acids is 1. The Morgan fingerprint density at radius 2 is 1.96 bits per heavy atom. The molecule has 6 heteroatoms. The van der Waals surface area contributed by atoms with E-state index < -0.39 is 11.4 Å². The van der Waals surface area contributed by atoms with Crippen LogP contribution in [0.1, 0.15) is 5.56 Å². The number of methoxy groups -OCH3 is 1. The molecule has 0 saturated heterocycles. The first-order valence-corrected chi connectivity index (χ1v) is 8.31. The van der Waals surface area contributed by atoms with Crippen LogP contribution in [0.4, 0.5) is 10.1 Å². The van der Waals surface area contributed by atoms with Crippen LogP contribution < -0.4 is 4.31 Å². The highest BCUT2D eigenvalue weighted by Gasteiger charge is 2.36. The molecule has 0 amide bonds. The van der Waals surface area contributed by atoms with Gasteiger partial charge < -0.3 is 9.29 Å². The molecule has 2 unspecified atom stereocenters. The molecule has 0 fully saturated rings. The minimum absolute atomic E-state index is 0.299.